The van der Waals surface area contributed by atoms with Crippen LogP contribution in [-0.4, -0.2) is 52.2 Å². The van der Waals surface area contributed by atoms with Crippen LogP contribution in [0.5, 0.6) is 11.5 Å². The molecule has 3 aromatic rings. The predicted molar refractivity (Wildman–Crippen MR) is 100 cm³/mol. The second-order valence-corrected chi connectivity index (χ2v) is 6.81. The van der Waals surface area contributed by atoms with Crippen molar-refractivity contribution in [2.45, 2.75) is 18.7 Å². The van der Waals surface area contributed by atoms with Crippen LogP contribution in [0.4, 0.5) is 13.2 Å². The monoisotopic (exact) mass is 434 g/mol. The molecule has 11 heteroatoms. The second kappa shape index (κ2) is 8.25. The number of alkyl halides is 3. The first-order valence-corrected chi connectivity index (χ1v) is 9.31. The third-order valence-electron chi connectivity index (χ3n) is 4.71. The molecular formula is C20H17F3N4O4. The number of halogens is 3. The third kappa shape index (κ3) is 4.60. The molecule has 31 heavy (non-hydrogen) atoms. The highest BCUT2D eigenvalue weighted by Crippen LogP contribution is 2.29. The number of methoxy groups -OCH3 is 1. The zero-order valence-electron chi connectivity index (χ0n) is 16.3. The van der Waals surface area contributed by atoms with Gasteiger partial charge in [0.25, 0.3) is 5.91 Å². The summed E-state index contributed by atoms with van der Waals surface area (Å²) in [4.78, 5) is 21.7. The molecule has 2 aromatic heterocycles. The molecule has 0 N–H and O–H groups in total. The van der Waals surface area contributed by atoms with E-state index in [9.17, 15) is 18.0 Å². The Morgan fingerprint density at radius 1 is 1.16 bits per heavy atom. The average Bonchev–Trinajstić information content (AvgIpc) is 3.44. The quantitative estimate of drug-likeness (QED) is 0.608. The number of amides is 1. The molecule has 1 unspecified atom stereocenters. The van der Waals surface area contributed by atoms with Gasteiger partial charge in [-0.15, -0.1) is 0 Å². The van der Waals surface area contributed by atoms with E-state index in [1.807, 2.05) is 0 Å². The van der Waals surface area contributed by atoms with Gasteiger partial charge in [-0.05, 0) is 36.4 Å². The zero-order valence-corrected chi connectivity index (χ0v) is 16.3. The van der Waals surface area contributed by atoms with Crippen LogP contribution in [-0.2, 0) is 6.18 Å². The minimum atomic E-state index is -4.72. The van der Waals surface area contributed by atoms with Gasteiger partial charge in [0.1, 0.15) is 23.3 Å². The van der Waals surface area contributed by atoms with E-state index in [4.69, 9.17) is 9.47 Å². The summed E-state index contributed by atoms with van der Waals surface area (Å²) >= 11 is 0. The molecule has 1 fully saturated rings. The van der Waals surface area contributed by atoms with Gasteiger partial charge in [0.05, 0.1) is 19.9 Å². The first-order valence-electron chi connectivity index (χ1n) is 9.31. The van der Waals surface area contributed by atoms with Crippen LogP contribution >= 0.6 is 0 Å². The fourth-order valence-corrected chi connectivity index (χ4v) is 3.14. The lowest BCUT2D eigenvalue weighted by Crippen LogP contribution is -2.30. The molecule has 1 saturated heterocycles. The SMILES string of the molecule is COc1ccc(C(=O)N2CCC(Oc3ccc(-c4noc(C(F)(F)F)n4)nc3)C2)cc1. The molecule has 0 saturated carbocycles. The van der Waals surface area contributed by atoms with Crippen molar-refractivity contribution in [1.29, 1.82) is 0 Å². The van der Waals surface area contributed by atoms with Gasteiger partial charge in [-0.25, -0.2) is 4.98 Å². The highest BCUT2D eigenvalue weighted by Gasteiger charge is 2.38. The van der Waals surface area contributed by atoms with Crippen molar-refractivity contribution in [2.75, 3.05) is 20.2 Å². The Hall–Kier alpha value is -3.63. The topological polar surface area (TPSA) is 90.6 Å². The Labute approximate surface area is 174 Å². The average molecular weight is 434 g/mol. The van der Waals surface area contributed by atoms with Crippen molar-refractivity contribution < 1.29 is 32.0 Å². The summed E-state index contributed by atoms with van der Waals surface area (Å²) in [6.45, 7) is 0.955. The molecule has 1 aliphatic heterocycles. The normalized spacial score (nSPS) is 16.4. The van der Waals surface area contributed by atoms with E-state index in [0.717, 1.165) is 0 Å². The summed E-state index contributed by atoms with van der Waals surface area (Å²) in [7, 11) is 1.56. The first kappa shape index (κ1) is 20.6. The Morgan fingerprint density at radius 2 is 1.90 bits per heavy atom. The summed E-state index contributed by atoms with van der Waals surface area (Å²) in [6.07, 6.45) is -2.93. The summed E-state index contributed by atoms with van der Waals surface area (Å²) in [5.41, 5.74) is 0.681. The number of nitrogens with zero attached hydrogens (tertiary/aromatic N) is 4. The van der Waals surface area contributed by atoms with Crippen LogP contribution in [0.1, 0.15) is 22.7 Å². The van der Waals surface area contributed by atoms with Crippen LogP contribution in [0.15, 0.2) is 47.1 Å². The highest BCUT2D eigenvalue weighted by molar-refractivity contribution is 5.94. The number of carbonyl (C=O) groups excluding carboxylic acids is 1. The third-order valence-corrected chi connectivity index (χ3v) is 4.71. The van der Waals surface area contributed by atoms with Crippen molar-refractivity contribution in [3.8, 4) is 23.0 Å². The van der Waals surface area contributed by atoms with E-state index >= 15 is 0 Å². The predicted octanol–water partition coefficient (Wildman–Crippen LogP) is 3.45. The van der Waals surface area contributed by atoms with Crippen molar-refractivity contribution in [3.05, 3.63) is 54.0 Å². The van der Waals surface area contributed by atoms with Crippen LogP contribution < -0.4 is 9.47 Å². The van der Waals surface area contributed by atoms with E-state index in [1.54, 1.807) is 42.3 Å². The van der Waals surface area contributed by atoms with Crippen LogP contribution in [0.25, 0.3) is 11.5 Å². The lowest BCUT2D eigenvalue weighted by atomic mass is 10.2. The highest BCUT2D eigenvalue weighted by atomic mass is 19.4. The van der Waals surface area contributed by atoms with Crippen molar-refractivity contribution >= 4 is 5.91 Å². The van der Waals surface area contributed by atoms with Crippen molar-refractivity contribution in [3.63, 3.8) is 0 Å². The molecule has 4 rings (SSSR count). The number of pyridine rings is 1. The molecule has 8 nitrogen and oxygen atoms in total. The maximum absolute atomic E-state index is 12.6. The minimum absolute atomic E-state index is 0.0974. The molecule has 0 radical (unpaired) electrons. The first-order chi connectivity index (χ1) is 14.8. The minimum Gasteiger partial charge on any atom is -0.497 e. The van der Waals surface area contributed by atoms with Crippen LogP contribution in [0, 0.1) is 0 Å². The molecule has 1 aliphatic rings. The Bertz CT molecular complexity index is 1050. The summed E-state index contributed by atoms with van der Waals surface area (Å²) in [6, 6.07) is 9.87. The van der Waals surface area contributed by atoms with Gasteiger partial charge in [-0.3, -0.25) is 4.79 Å². The largest absolute Gasteiger partial charge is 0.497 e. The second-order valence-electron chi connectivity index (χ2n) is 6.81. The van der Waals surface area contributed by atoms with Crippen molar-refractivity contribution in [1.82, 2.24) is 20.0 Å². The molecule has 0 aliphatic carbocycles. The number of likely N-dealkylation sites (tertiary alicyclic amines) is 1. The zero-order chi connectivity index (χ0) is 22.0. The van der Waals surface area contributed by atoms with Gasteiger partial charge in [0.2, 0.25) is 5.82 Å². The molecule has 0 spiro atoms. The smallest absolute Gasteiger partial charge is 0.471 e. The lowest BCUT2D eigenvalue weighted by Gasteiger charge is -2.17. The number of hydrogen-bond donors (Lipinski definition) is 0. The molecule has 0 bridgehead atoms. The molecule has 1 atom stereocenters. The van der Waals surface area contributed by atoms with Gasteiger partial charge >= 0.3 is 12.1 Å². The van der Waals surface area contributed by atoms with Gasteiger partial charge in [0, 0.05) is 18.5 Å². The molecule has 1 aromatic carbocycles. The molecule has 3 heterocycles. The van der Waals surface area contributed by atoms with Gasteiger partial charge in [-0.2, -0.15) is 18.2 Å². The fourth-order valence-electron chi connectivity index (χ4n) is 3.14. The number of ether oxygens (including phenoxy) is 2. The molecule has 1 amide bonds. The summed E-state index contributed by atoms with van der Waals surface area (Å²) in [5.74, 6) is -0.703. The maximum atomic E-state index is 12.6. The van der Waals surface area contributed by atoms with E-state index < -0.39 is 12.1 Å². The summed E-state index contributed by atoms with van der Waals surface area (Å²) in [5, 5.41) is 3.29. The fraction of sp³-hybridized carbons (Fsp3) is 0.300. The van der Waals surface area contributed by atoms with E-state index in [0.29, 0.717) is 36.6 Å². The molecular weight excluding hydrogens is 417 g/mol. The Morgan fingerprint density at radius 3 is 2.52 bits per heavy atom. The van der Waals surface area contributed by atoms with Crippen LogP contribution in [0.2, 0.25) is 0 Å². The number of hydrogen-bond acceptors (Lipinski definition) is 7. The summed E-state index contributed by atoms with van der Waals surface area (Å²) < 4.78 is 52.9. The number of benzene rings is 1. The van der Waals surface area contributed by atoms with E-state index in [1.165, 1.54) is 12.3 Å². The van der Waals surface area contributed by atoms with E-state index in [-0.39, 0.29) is 23.5 Å². The van der Waals surface area contributed by atoms with Gasteiger partial charge in [-0.1, -0.05) is 5.16 Å². The number of carbonyl (C=O) groups is 1. The Balaban J connectivity index is 1.35. The van der Waals surface area contributed by atoms with Crippen LogP contribution in [0.3, 0.4) is 0 Å². The number of aromatic nitrogens is 3. The van der Waals surface area contributed by atoms with Crippen molar-refractivity contribution in [2.24, 2.45) is 0 Å². The standard InChI is InChI=1S/C20H17F3N4O4/c1-29-13-4-2-12(3-5-13)18(28)27-9-8-15(11-27)30-14-6-7-16(24-10-14)17-25-19(31-26-17)20(21,22)23/h2-7,10,15H,8-9,11H2,1H3. The lowest BCUT2D eigenvalue weighted by molar-refractivity contribution is -0.159. The van der Waals surface area contributed by atoms with Gasteiger partial charge < -0.3 is 18.9 Å². The van der Waals surface area contributed by atoms with Gasteiger partial charge in [0.15, 0.2) is 0 Å². The Kier molecular flexibility index (Phi) is 5.49. The maximum Gasteiger partial charge on any atom is 0.471 e. The molecule has 162 valence electrons. The van der Waals surface area contributed by atoms with E-state index in [2.05, 4.69) is 19.6 Å². The number of rotatable bonds is 5.